The van der Waals surface area contributed by atoms with Gasteiger partial charge in [-0.1, -0.05) is 61.7 Å². The van der Waals surface area contributed by atoms with E-state index in [1.54, 1.807) is 0 Å². The highest BCUT2D eigenvalue weighted by molar-refractivity contribution is 5.69. The zero-order valence-electron chi connectivity index (χ0n) is 18.1. The monoisotopic (exact) mass is 406 g/mol. The Bertz CT molecular complexity index is 809. The van der Waals surface area contributed by atoms with E-state index in [0.29, 0.717) is 11.8 Å². The fourth-order valence-electron chi connectivity index (χ4n) is 5.12. The molecular weight excluding hydrogens is 372 g/mol. The zero-order valence-corrected chi connectivity index (χ0v) is 18.1. The summed E-state index contributed by atoms with van der Waals surface area (Å²) in [5.41, 5.74) is 2.57. The average Bonchev–Trinajstić information content (AvgIpc) is 2.79. The molecule has 1 unspecified atom stereocenters. The summed E-state index contributed by atoms with van der Waals surface area (Å²) in [6.07, 6.45) is 7.89. The van der Waals surface area contributed by atoms with Crippen molar-refractivity contribution in [1.82, 2.24) is 9.80 Å². The van der Waals surface area contributed by atoms with Gasteiger partial charge in [-0.15, -0.1) is 0 Å². The van der Waals surface area contributed by atoms with Gasteiger partial charge in [-0.25, -0.2) is 0 Å². The van der Waals surface area contributed by atoms with E-state index in [2.05, 4.69) is 46.2 Å². The minimum absolute atomic E-state index is 0.273. The van der Waals surface area contributed by atoms with Gasteiger partial charge in [0.2, 0.25) is 0 Å². The third-order valence-corrected chi connectivity index (χ3v) is 6.65. The van der Waals surface area contributed by atoms with Crippen LogP contribution in [-0.4, -0.2) is 48.0 Å². The lowest BCUT2D eigenvalue weighted by atomic mass is 9.93. The quantitative estimate of drug-likeness (QED) is 0.507. The van der Waals surface area contributed by atoms with Gasteiger partial charge in [0.15, 0.2) is 0 Å². The number of esters is 1. The number of benzene rings is 2. The lowest BCUT2D eigenvalue weighted by Gasteiger charge is -2.43. The highest BCUT2D eigenvalue weighted by Crippen LogP contribution is 2.29. The molecule has 0 amide bonds. The molecule has 0 spiro atoms. The molecule has 1 saturated heterocycles. The summed E-state index contributed by atoms with van der Waals surface area (Å²) in [7, 11) is 0. The first-order valence-corrected chi connectivity index (χ1v) is 11.5. The molecule has 0 radical (unpaired) electrons. The van der Waals surface area contributed by atoms with Crippen molar-refractivity contribution in [2.24, 2.45) is 0 Å². The van der Waals surface area contributed by atoms with Crippen LogP contribution in [0.2, 0.25) is 0 Å². The average molecular weight is 407 g/mol. The molecule has 4 nitrogen and oxygen atoms in total. The first-order chi connectivity index (χ1) is 14.7. The number of carbonyl (C=O) groups is 1. The summed E-state index contributed by atoms with van der Waals surface area (Å²) >= 11 is 0. The summed E-state index contributed by atoms with van der Waals surface area (Å²) in [5, 5.41) is 0. The van der Waals surface area contributed by atoms with Crippen LogP contribution >= 0.6 is 0 Å². The Morgan fingerprint density at radius 2 is 1.70 bits per heavy atom. The van der Waals surface area contributed by atoms with Crippen LogP contribution in [0, 0.1) is 0 Å². The first-order valence-electron chi connectivity index (χ1n) is 11.5. The van der Waals surface area contributed by atoms with Gasteiger partial charge < -0.3 is 4.74 Å². The molecule has 1 atom stereocenters. The largest absolute Gasteiger partial charge is 0.427 e. The van der Waals surface area contributed by atoms with E-state index < -0.39 is 0 Å². The lowest BCUT2D eigenvalue weighted by Crippen LogP contribution is -2.51. The van der Waals surface area contributed by atoms with Crippen molar-refractivity contribution in [3.05, 3.63) is 65.7 Å². The number of ether oxygens (including phenoxy) is 1. The Morgan fingerprint density at radius 3 is 2.40 bits per heavy atom. The molecule has 0 bridgehead atoms. The van der Waals surface area contributed by atoms with Crippen molar-refractivity contribution < 1.29 is 9.53 Å². The van der Waals surface area contributed by atoms with E-state index in [-0.39, 0.29) is 5.97 Å². The van der Waals surface area contributed by atoms with Gasteiger partial charge in [-0.3, -0.25) is 14.6 Å². The van der Waals surface area contributed by atoms with Crippen molar-refractivity contribution in [2.45, 2.75) is 57.5 Å². The molecular formula is C26H34N2O2. The third-order valence-electron chi connectivity index (χ3n) is 6.65. The second-order valence-electron chi connectivity index (χ2n) is 8.74. The molecule has 0 aromatic heterocycles. The summed E-state index contributed by atoms with van der Waals surface area (Å²) in [5.74, 6) is 0.361. The predicted octanol–water partition coefficient (Wildman–Crippen LogP) is 4.85. The first kappa shape index (κ1) is 21.1. The van der Waals surface area contributed by atoms with Crippen LogP contribution in [0.4, 0.5) is 0 Å². The third kappa shape index (κ3) is 5.50. The number of piperazine rings is 1. The minimum Gasteiger partial charge on any atom is -0.427 e. The molecule has 1 aliphatic carbocycles. The Kier molecular flexibility index (Phi) is 7.19. The standard InChI is InChI=1S/C26H34N2O2/c1-21(29)30-25-14-8-9-22(19-25)20-26(23-10-4-2-5-11-23)28-17-15-27(16-18-28)24-12-6-3-7-13-24/h2,4-5,8-11,14,19,24,26H,3,6-7,12-13,15-18,20H2,1H3. The second-order valence-corrected chi connectivity index (χ2v) is 8.74. The highest BCUT2D eigenvalue weighted by Gasteiger charge is 2.29. The number of rotatable bonds is 6. The van der Waals surface area contributed by atoms with Crippen LogP contribution in [0.5, 0.6) is 5.75 Å². The maximum atomic E-state index is 11.3. The molecule has 4 rings (SSSR count). The molecule has 1 aliphatic heterocycles. The molecule has 30 heavy (non-hydrogen) atoms. The maximum absolute atomic E-state index is 11.3. The van der Waals surface area contributed by atoms with E-state index in [1.165, 1.54) is 63.2 Å². The predicted molar refractivity (Wildman–Crippen MR) is 121 cm³/mol. The van der Waals surface area contributed by atoms with Crippen molar-refractivity contribution in [3.8, 4) is 5.75 Å². The fraction of sp³-hybridized carbons (Fsp3) is 0.500. The molecule has 2 aromatic rings. The van der Waals surface area contributed by atoms with Crippen molar-refractivity contribution >= 4 is 5.97 Å². The molecule has 1 saturated carbocycles. The minimum atomic E-state index is -0.273. The van der Waals surface area contributed by atoms with E-state index >= 15 is 0 Å². The van der Waals surface area contributed by atoms with E-state index in [9.17, 15) is 4.79 Å². The molecule has 160 valence electrons. The van der Waals surface area contributed by atoms with Gasteiger partial charge in [0.1, 0.15) is 5.75 Å². The fourth-order valence-corrected chi connectivity index (χ4v) is 5.12. The summed E-state index contributed by atoms with van der Waals surface area (Å²) in [6.45, 7) is 6.01. The Morgan fingerprint density at radius 1 is 0.967 bits per heavy atom. The topological polar surface area (TPSA) is 32.8 Å². The van der Waals surface area contributed by atoms with Crippen LogP contribution in [0.15, 0.2) is 54.6 Å². The van der Waals surface area contributed by atoms with Gasteiger partial charge in [0.05, 0.1) is 0 Å². The van der Waals surface area contributed by atoms with Crippen LogP contribution in [-0.2, 0) is 11.2 Å². The van der Waals surface area contributed by atoms with E-state index in [4.69, 9.17) is 4.74 Å². The van der Waals surface area contributed by atoms with Gasteiger partial charge in [-0.2, -0.15) is 0 Å². The SMILES string of the molecule is CC(=O)Oc1cccc(CC(c2ccccc2)N2CCN(C3CCCCC3)CC2)c1. The van der Waals surface area contributed by atoms with Crippen LogP contribution in [0.3, 0.4) is 0 Å². The summed E-state index contributed by atoms with van der Waals surface area (Å²) in [6, 6.07) is 20.0. The Balaban J connectivity index is 1.47. The number of nitrogens with zero attached hydrogens (tertiary/aromatic N) is 2. The molecule has 2 aromatic carbocycles. The van der Waals surface area contributed by atoms with Crippen molar-refractivity contribution in [3.63, 3.8) is 0 Å². The molecule has 1 heterocycles. The smallest absolute Gasteiger partial charge is 0.308 e. The van der Waals surface area contributed by atoms with Crippen LogP contribution in [0.25, 0.3) is 0 Å². The number of hydrogen-bond acceptors (Lipinski definition) is 4. The number of carbonyl (C=O) groups excluding carboxylic acids is 1. The van der Waals surface area contributed by atoms with Gasteiger partial charge in [0, 0.05) is 45.2 Å². The highest BCUT2D eigenvalue weighted by atomic mass is 16.5. The van der Waals surface area contributed by atoms with Gasteiger partial charge >= 0.3 is 5.97 Å². The number of hydrogen-bond donors (Lipinski definition) is 0. The van der Waals surface area contributed by atoms with Crippen molar-refractivity contribution in [2.75, 3.05) is 26.2 Å². The Hall–Kier alpha value is -2.17. The van der Waals surface area contributed by atoms with Crippen LogP contribution < -0.4 is 4.74 Å². The van der Waals surface area contributed by atoms with Crippen molar-refractivity contribution in [1.29, 1.82) is 0 Å². The van der Waals surface area contributed by atoms with E-state index in [0.717, 1.165) is 25.6 Å². The molecule has 2 aliphatic rings. The molecule has 2 fully saturated rings. The van der Waals surface area contributed by atoms with E-state index in [1.807, 2.05) is 18.2 Å². The molecule has 4 heteroatoms. The zero-order chi connectivity index (χ0) is 20.8. The Labute approximate surface area is 180 Å². The summed E-state index contributed by atoms with van der Waals surface area (Å²) in [4.78, 5) is 16.7. The second kappa shape index (κ2) is 10.2. The van der Waals surface area contributed by atoms with Crippen LogP contribution in [0.1, 0.15) is 56.2 Å². The molecule has 0 N–H and O–H groups in total. The lowest BCUT2D eigenvalue weighted by molar-refractivity contribution is -0.131. The normalized spacial score (nSPS) is 20.0. The van der Waals surface area contributed by atoms with Gasteiger partial charge in [-0.05, 0) is 42.5 Å². The van der Waals surface area contributed by atoms with Gasteiger partial charge in [0.25, 0.3) is 0 Å². The maximum Gasteiger partial charge on any atom is 0.308 e. The summed E-state index contributed by atoms with van der Waals surface area (Å²) < 4.78 is 5.31.